The number of nitrogens with zero attached hydrogens (tertiary/aromatic N) is 6. The number of hydrogen-bond donors (Lipinski definition) is 1. The van der Waals surface area contributed by atoms with E-state index in [2.05, 4.69) is 31.4 Å². The summed E-state index contributed by atoms with van der Waals surface area (Å²) in [4.78, 5) is 11.2. The standard InChI is InChI=1S/C15H19N7/c1-11-6-17-15(19-13-7-18-21(2)10-13)20-14(11)22-8-12(9-22)4-3-5-16/h6-7,10,12H,3-4,8-9H2,1-2H3,(H,17,19,20). The normalized spacial score (nSPS) is 14.5. The zero-order valence-corrected chi connectivity index (χ0v) is 12.8. The van der Waals surface area contributed by atoms with Crippen molar-refractivity contribution in [2.24, 2.45) is 13.0 Å². The van der Waals surface area contributed by atoms with Gasteiger partial charge in [-0.05, 0) is 19.3 Å². The second-order valence-electron chi connectivity index (χ2n) is 5.70. The van der Waals surface area contributed by atoms with Gasteiger partial charge >= 0.3 is 0 Å². The van der Waals surface area contributed by atoms with E-state index in [4.69, 9.17) is 5.26 Å². The minimum atomic E-state index is 0.578. The van der Waals surface area contributed by atoms with Crippen LogP contribution >= 0.6 is 0 Å². The summed E-state index contributed by atoms with van der Waals surface area (Å²) in [6, 6.07) is 2.21. The van der Waals surface area contributed by atoms with Crippen LogP contribution in [0.25, 0.3) is 0 Å². The van der Waals surface area contributed by atoms with Crippen LogP contribution in [0, 0.1) is 24.2 Å². The molecule has 0 bridgehead atoms. The van der Waals surface area contributed by atoms with Crippen molar-refractivity contribution in [1.29, 1.82) is 5.26 Å². The number of rotatable bonds is 5. The highest BCUT2D eigenvalue weighted by molar-refractivity contribution is 5.56. The molecule has 22 heavy (non-hydrogen) atoms. The van der Waals surface area contributed by atoms with Gasteiger partial charge in [0, 0.05) is 44.5 Å². The van der Waals surface area contributed by atoms with Gasteiger partial charge in [-0.25, -0.2) is 4.98 Å². The lowest BCUT2D eigenvalue weighted by molar-refractivity contribution is 0.385. The van der Waals surface area contributed by atoms with Crippen LogP contribution in [0.5, 0.6) is 0 Å². The fraction of sp³-hybridized carbons (Fsp3) is 0.467. The molecule has 2 aromatic rings. The molecule has 0 spiro atoms. The fourth-order valence-electron chi connectivity index (χ4n) is 2.62. The number of anilines is 3. The van der Waals surface area contributed by atoms with Gasteiger partial charge in [0.15, 0.2) is 0 Å². The first-order chi connectivity index (χ1) is 10.7. The molecule has 0 amide bonds. The highest BCUT2D eigenvalue weighted by Crippen LogP contribution is 2.29. The molecule has 3 rings (SSSR count). The molecule has 0 unspecified atom stereocenters. The Balaban J connectivity index is 1.67. The Bertz CT molecular complexity index is 694. The summed E-state index contributed by atoms with van der Waals surface area (Å²) in [5.74, 6) is 2.15. The molecule has 1 saturated heterocycles. The summed E-state index contributed by atoms with van der Waals surface area (Å²) in [5.41, 5.74) is 1.93. The van der Waals surface area contributed by atoms with Crippen LogP contribution in [0.1, 0.15) is 18.4 Å². The third-order valence-corrected chi connectivity index (χ3v) is 3.83. The molecule has 7 nitrogen and oxygen atoms in total. The van der Waals surface area contributed by atoms with E-state index >= 15 is 0 Å². The average molecular weight is 297 g/mol. The number of aryl methyl sites for hydroxylation is 2. The predicted molar refractivity (Wildman–Crippen MR) is 83.8 cm³/mol. The fourth-order valence-corrected chi connectivity index (χ4v) is 2.62. The summed E-state index contributed by atoms with van der Waals surface area (Å²) < 4.78 is 1.73. The van der Waals surface area contributed by atoms with Crippen LogP contribution in [0.2, 0.25) is 0 Å². The van der Waals surface area contributed by atoms with E-state index in [1.54, 1.807) is 10.9 Å². The van der Waals surface area contributed by atoms with Crippen molar-refractivity contribution in [2.45, 2.75) is 19.8 Å². The SMILES string of the molecule is Cc1cnc(Nc2cnn(C)c2)nc1N1CC(CCC#N)C1. The van der Waals surface area contributed by atoms with E-state index in [0.29, 0.717) is 18.3 Å². The number of nitriles is 1. The molecule has 0 atom stereocenters. The third kappa shape index (κ3) is 3.01. The molecule has 0 saturated carbocycles. The Kier molecular flexibility index (Phi) is 3.92. The first-order valence-electron chi connectivity index (χ1n) is 7.37. The van der Waals surface area contributed by atoms with Crippen LogP contribution in [0.15, 0.2) is 18.6 Å². The predicted octanol–water partition coefficient (Wildman–Crippen LogP) is 2.00. The first kappa shape index (κ1) is 14.3. The molecule has 1 N–H and O–H groups in total. The van der Waals surface area contributed by atoms with Gasteiger partial charge in [-0.2, -0.15) is 15.3 Å². The third-order valence-electron chi connectivity index (χ3n) is 3.83. The maximum absolute atomic E-state index is 8.64. The van der Waals surface area contributed by atoms with Gasteiger partial charge in [0.2, 0.25) is 5.95 Å². The highest BCUT2D eigenvalue weighted by Gasteiger charge is 2.28. The molecule has 1 aliphatic heterocycles. The van der Waals surface area contributed by atoms with Crippen LogP contribution in [-0.2, 0) is 7.05 Å². The molecule has 2 aromatic heterocycles. The maximum atomic E-state index is 8.64. The molecule has 1 fully saturated rings. The van der Waals surface area contributed by atoms with Gasteiger partial charge in [0.25, 0.3) is 0 Å². The highest BCUT2D eigenvalue weighted by atomic mass is 15.3. The van der Waals surface area contributed by atoms with E-state index in [0.717, 1.165) is 36.6 Å². The molecule has 7 heteroatoms. The molecular formula is C15H19N7. The molecular weight excluding hydrogens is 278 g/mol. The summed E-state index contributed by atoms with van der Waals surface area (Å²) in [6.45, 7) is 3.95. The van der Waals surface area contributed by atoms with Crippen molar-refractivity contribution in [1.82, 2.24) is 19.7 Å². The van der Waals surface area contributed by atoms with Crippen molar-refractivity contribution < 1.29 is 0 Å². The van der Waals surface area contributed by atoms with Crippen LogP contribution in [-0.4, -0.2) is 32.8 Å². The lowest BCUT2D eigenvalue weighted by atomic mass is 9.95. The molecule has 0 radical (unpaired) electrons. The van der Waals surface area contributed by atoms with Gasteiger partial charge in [-0.1, -0.05) is 0 Å². The summed E-state index contributed by atoms with van der Waals surface area (Å²) in [5, 5.41) is 15.9. The number of aromatic nitrogens is 4. The average Bonchev–Trinajstić information content (AvgIpc) is 2.86. The summed E-state index contributed by atoms with van der Waals surface area (Å²) >= 11 is 0. The second kappa shape index (κ2) is 6.02. The van der Waals surface area contributed by atoms with Gasteiger partial charge in [0.1, 0.15) is 5.82 Å². The molecule has 114 valence electrons. The van der Waals surface area contributed by atoms with Crippen LogP contribution in [0.3, 0.4) is 0 Å². The van der Waals surface area contributed by atoms with Gasteiger partial charge in [-0.3, -0.25) is 4.68 Å². The van der Waals surface area contributed by atoms with E-state index in [1.165, 1.54) is 0 Å². The van der Waals surface area contributed by atoms with Gasteiger partial charge < -0.3 is 10.2 Å². The Morgan fingerprint density at radius 3 is 2.91 bits per heavy atom. The van der Waals surface area contributed by atoms with Crippen molar-refractivity contribution in [3.63, 3.8) is 0 Å². The monoisotopic (exact) mass is 297 g/mol. The molecule has 3 heterocycles. The Morgan fingerprint density at radius 1 is 1.41 bits per heavy atom. The van der Waals surface area contributed by atoms with Crippen molar-refractivity contribution in [3.05, 3.63) is 24.2 Å². The Morgan fingerprint density at radius 2 is 2.23 bits per heavy atom. The van der Waals surface area contributed by atoms with Crippen LogP contribution in [0.4, 0.5) is 17.5 Å². The van der Waals surface area contributed by atoms with E-state index < -0.39 is 0 Å². The Labute approximate surface area is 129 Å². The minimum absolute atomic E-state index is 0.578. The Hall–Kier alpha value is -2.62. The van der Waals surface area contributed by atoms with E-state index in [9.17, 15) is 0 Å². The zero-order valence-electron chi connectivity index (χ0n) is 12.8. The van der Waals surface area contributed by atoms with Crippen molar-refractivity contribution in [3.8, 4) is 6.07 Å². The first-order valence-corrected chi connectivity index (χ1v) is 7.37. The van der Waals surface area contributed by atoms with Gasteiger partial charge in [-0.15, -0.1) is 0 Å². The minimum Gasteiger partial charge on any atom is -0.356 e. The second-order valence-corrected chi connectivity index (χ2v) is 5.70. The number of hydrogen-bond acceptors (Lipinski definition) is 6. The zero-order chi connectivity index (χ0) is 15.5. The van der Waals surface area contributed by atoms with Gasteiger partial charge in [0.05, 0.1) is 18.0 Å². The topological polar surface area (TPSA) is 82.7 Å². The number of nitrogens with one attached hydrogen (secondary N) is 1. The van der Waals surface area contributed by atoms with Crippen molar-refractivity contribution >= 4 is 17.5 Å². The smallest absolute Gasteiger partial charge is 0.229 e. The lowest BCUT2D eigenvalue weighted by Crippen LogP contribution is -2.47. The molecule has 0 aliphatic carbocycles. The van der Waals surface area contributed by atoms with Crippen molar-refractivity contribution in [2.75, 3.05) is 23.3 Å². The summed E-state index contributed by atoms with van der Waals surface area (Å²) in [6.07, 6.45) is 7.06. The molecule has 0 aromatic carbocycles. The largest absolute Gasteiger partial charge is 0.356 e. The molecule has 1 aliphatic rings. The summed E-state index contributed by atoms with van der Waals surface area (Å²) in [7, 11) is 1.87. The van der Waals surface area contributed by atoms with Crippen LogP contribution < -0.4 is 10.2 Å². The lowest BCUT2D eigenvalue weighted by Gasteiger charge is -2.40. The van der Waals surface area contributed by atoms with E-state index in [-0.39, 0.29) is 0 Å². The maximum Gasteiger partial charge on any atom is 0.229 e. The van der Waals surface area contributed by atoms with E-state index in [1.807, 2.05) is 26.4 Å². The quantitative estimate of drug-likeness (QED) is 0.909.